The van der Waals surface area contributed by atoms with Crippen molar-refractivity contribution in [2.24, 2.45) is 7.05 Å². The minimum absolute atomic E-state index is 0.965. The van der Waals surface area contributed by atoms with E-state index in [0.717, 1.165) is 12.1 Å². The summed E-state index contributed by atoms with van der Waals surface area (Å²) in [7, 11) is 6.16. The zero-order valence-corrected chi connectivity index (χ0v) is 8.86. The Morgan fingerprint density at radius 1 is 1.36 bits per heavy atom. The normalized spacial score (nSPS) is 11.4. The Balaban J connectivity index is 2.42. The van der Waals surface area contributed by atoms with Gasteiger partial charge in [0, 0.05) is 13.6 Å². The summed E-state index contributed by atoms with van der Waals surface area (Å²) < 4.78 is 2.04. The monoisotopic (exact) mass is 189 g/mol. The minimum atomic E-state index is 0.965. The van der Waals surface area contributed by atoms with Crippen LogP contribution in [0.1, 0.15) is 5.56 Å². The van der Waals surface area contributed by atoms with Gasteiger partial charge in [-0.3, -0.25) is 0 Å². The number of fused-ring (bicyclic) bond motifs is 1. The first-order valence-electron chi connectivity index (χ1n) is 4.71. The van der Waals surface area contributed by atoms with Gasteiger partial charge in [0.25, 0.3) is 0 Å². The molecule has 74 valence electrons. The molecular formula is C11H15N3. The Labute approximate surface area is 84.0 Å². The van der Waals surface area contributed by atoms with Crippen molar-refractivity contribution in [3.05, 3.63) is 30.1 Å². The molecule has 0 fully saturated rings. The van der Waals surface area contributed by atoms with Gasteiger partial charge in [-0.05, 0) is 31.8 Å². The maximum absolute atomic E-state index is 4.33. The summed E-state index contributed by atoms with van der Waals surface area (Å²) >= 11 is 0. The summed E-state index contributed by atoms with van der Waals surface area (Å²) in [6, 6.07) is 6.43. The number of hydrogen-bond donors (Lipinski definition) is 0. The van der Waals surface area contributed by atoms with E-state index in [2.05, 4.69) is 42.2 Å². The fourth-order valence-electron chi connectivity index (χ4n) is 1.65. The van der Waals surface area contributed by atoms with Crippen molar-refractivity contribution < 1.29 is 0 Å². The first kappa shape index (κ1) is 9.21. The van der Waals surface area contributed by atoms with Gasteiger partial charge in [0.05, 0.1) is 17.4 Å². The van der Waals surface area contributed by atoms with Crippen LogP contribution >= 0.6 is 0 Å². The molecular weight excluding hydrogens is 174 g/mol. The maximum atomic E-state index is 4.33. The van der Waals surface area contributed by atoms with Gasteiger partial charge in [0.15, 0.2) is 0 Å². The molecule has 2 aromatic rings. The van der Waals surface area contributed by atoms with Crippen LogP contribution in [0.2, 0.25) is 0 Å². The lowest BCUT2D eigenvalue weighted by molar-refractivity contribution is 0.402. The molecule has 0 spiro atoms. The fourth-order valence-corrected chi connectivity index (χ4v) is 1.65. The molecule has 0 saturated carbocycles. The van der Waals surface area contributed by atoms with E-state index in [0.29, 0.717) is 0 Å². The number of hydrogen-bond acceptors (Lipinski definition) is 2. The first-order valence-corrected chi connectivity index (χ1v) is 4.71. The molecule has 3 heteroatoms. The van der Waals surface area contributed by atoms with Crippen LogP contribution in [0.5, 0.6) is 0 Å². The quantitative estimate of drug-likeness (QED) is 0.716. The SMILES string of the molecule is CN(C)Cc1ccc2c(c1)ncn2C. The van der Waals surface area contributed by atoms with E-state index in [-0.39, 0.29) is 0 Å². The van der Waals surface area contributed by atoms with E-state index < -0.39 is 0 Å². The van der Waals surface area contributed by atoms with Crippen molar-refractivity contribution in [3.8, 4) is 0 Å². The number of nitrogens with zero attached hydrogens (tertiary/aromatic N) is 3. The molecule has 0 aliphatic carbocycles. The highest BCUT2D eigenvalue weighted by Gasteiger charge is 2.01. The summed E-state index contributed by atoms with van der Waals surface area (Å²) in [5.41, 5.74) is 3.57. The standard InChI is InChI=1S/C11H15N3/c1-13(2)7-9-4-5-11-10(6-9)12-8-14(11)3/h4-6,8H,7H2,1-3H3. The van der Waals surface area contributed by atoms with Crippen LogP contribution in [-0.4, -0.2) is 28.5 Å². The molecule has 0 unspecified atom stereocenters. The highest BCUT2D eigenvalue weighted by atomic mass is 15.0. The second-order valence-electron chi connectivity index (χ2n) is 3.92. The second-order valence-corrected chi connectivity index (χ2v) is 3.92. The van der Waals surface area contributed by atoms with Gasteiger partial charge < -0.3 is 9.47 Å². The highest BCUT2D eigenvalue weighted by molar-refractivity contribution is 5.75. The molecule has 14 heavy (non-hydrogen) atoms. The third kappa shape index (κ3) is 1.63. The van der Waals surface area contributed by atoms with Gasteiger partial charge >= 0.3 is 0 Å². The predicted molar refractivity (Wildman–Crippen MR) is 58.1 cm³/mol. The molecule has 3 nitrogen and oxygen atoms in total. The van der Waals surface area contributed by atoms with Gasteiger partial charge in [0.2, 0.25) is 0 Å². The summed E-state index contributed by atoms with van der Waals surface area (Å²) in [4.78, 5) is 6.49. The molecule has 0 amide bonds. The molecule has 1 aromatic carbocycles. The number of aryl methyl sites for hydroxylation is 1. The third-order valence-electron chi connectivity index (χ3n) is 2.29. The zero-order valence-electron chi connectivity index (χ0n) is 8.86. The summed E-state index contributed by atoms with van der Waals surface area (Å²) in [5.74, 6) is 0. The Morgan fingerprint density at radius 2 is 2.14 bits per heavy atom. The Hall–Kier alpha value is -1.35. The van der Waals surface area contributed by atoms with Gasteiger partial charge in [-0.15, -0.1) is 0 Å². The van der Waals surface area contributed by atoms with Gasteiger partial charge in [-0.1, -0.05) is 6.07 Å². The van der Waals surface area contributed by atoms with Crippen LogP contribution < -0.4 is 0 Å². The summed E-state index contributed by atoms with van der Waals surface area (Å²) in [5, 5.41) is 0. The topological polar surface area (TPSA) is 21.1 Å². The number of aromatic nitrogens is 2. The molecule has 1 heterocycles. The van der Waals surface area contributed by atoms with Crippen LogP contribution in [0.3, 0.4) is 0 Å². The van der Waals surface area contributed by atoms with Crippen LogP contribution in [0.25, 0.3) is 11.0 Å². The zero-order chi connectivity index (χ0) is 10.1. The average Bonchev–Trinajstić information content (AvgIpc) is 2.46. The van der Waals surface area contributed by atoms with Crippen LogP contribution in [-0.2, 0) is 13.6 Å². The van der Waals surface area contributed by atoms with E-state index in [1.807, 2.05) is 17.9 Å². The maximum Gasteiger partial charge on any atom is 0.0955 e. The minimum Gasteiger partial charge on any atom is -0.334 e. The summed E-state index contributed by atoms with van der Waals surface area (Å²) in [6.45, 7) is 0.965. The van der Waals surface area contributed by atoms with Crippen molar-refractivity contribution in [1.82, 2.24) is 14.5 Å². The lowest BCUT2D eigenvalue weighted by Crippen LogP contribution is -2.10. The van der Waals surface area contributed by atoms with E-state index in [1.165, 1.54) is 11.1 Å². The molecule has 1 aromatic heterocycles. The fraction of sp³-hybridized carbons (Fsp3) is 0.364. The van der Waals surface area contributed by atoms with E-state index in [4.69, 9.17) is 0 Å². The lowest BCUT2D eigenvalue weighted by Gasteiger charge is -2.09. The van der Waals surface area contributed by atoms with Crippen LogP contribution in [0.15, 0.2) is 24.5 Å². The lowest BCUT2D eigenvalue weighted by atomic mass is 10.2. The van der Waals surface area contributed by atoms with E-state index >= 15 is 0 Å². The van der Waals surface area contributed by atoms with Crippen molar-refractivity contribution >= 4 is 11.0 Å². The predicted octanol–water partition coefficient (Wildman–Crippen LogP) is 1.63. The molecule has 0 radical (unpaired) electrons. The van der Waals surface area contributed by atoms with Crippen LogP contribution in [0, 0.1) is 0 Å². The van der Waals surface area contributed by atoms with Crippen molar-refractivity contribution in [1.29, 1.82) is 0 Å². The third-order valence-corrected chi connectivity index (χ3v) is 2.29. The van der Waals surface area contributed by atoms with Crippen molar-refractivity contribution in [3.63, 3.8) is 0 Å². The van der Waals surface area contributed by atoms with Crippen molar-refractivity contribution in [2.75, 3.05) is 14.1 Å². The number of imidazole rings is 1. The molecule has 0 bridgehead atoms. The van der Waals surface area contributed by atoms with E-state index in [1.54, 1.807) is 0 Å². The molecule has 0 aliphatic rings. The smallest absolute Gasteiger partial charge is 0.0955 e. The number of rotatable bonds is 2. The molecule has 0 aliphatic heterocycles. The molecule has 0 atom stereocenters. The Morgan fingerprint density at radius 3 is 2.86 bits per heavy atom. The largest absolute Gasteiger partial charge is 0.334 e. The molecule has 2 rings (SSSR count). The van der Waals surface area contributed by atoms with Crippen molar-refractivity contribution in [2.45, 2.75) is 6.54 Å². The first-order chi connectivity index (χ1) is 6.66. The molecule has 0 N–H and O–H groups in total. The van der Waals surface area contributed by atoms with Gasteiger partial charge in [-0.2, -0.15) is 0 Å². The number of benzene rings is 1. The van der Waals surface area contributed by atoms with Crippen LogP contribution in [0.4, 0.5) is 0 Å². The second kappa shape index (κ2) is 3.42. The Kier molecular flexibility index (Phi) is 2.25. The van der Waals surface area contributed by atoms with Gasteiger partial charge in [0.1, 0.15) is 0 Å². The summed E-state index contributed by atoms with van der Waals surface area (Å²) in [6.07, 6.45) is 1.85. The average molecular weight is 189 g/mol. The van der Waals surface area contributed by atoms with Gasteiger partial charge in [-0.25, -0.2) is 4.98 Å². The molecule has 0 saturated heterocycles. The highest BCUT2D eigenvalue weighted by Crippen LogP contribution is 2.14. The Bertz CT molecular complexity index is 443. The van der Waals surface area contributed by atoms with E-state index in [9.17, 15) is 0 Å².